The van der Waals surface area contributed by atoms with Crippen molar-refractivity contribution in [3.8, 4) is 0 Å². The molecule has 3 heteroatoms. The molecule has 3 nitrogen and oxygen atoms in total. The van der Waals surface area contributed by atoms with E-state index in [9.17, 15) is 0 Å². The smallest absolute Gasteiger partial charge is 0.0593 e. The van der Waals surface area contributed by atoms with Gasteiger partial charge in [-0.2, -0.15) is 0 Å². The fraction of sp³-hybridized carbons (Fsp3) is 1.00. The summed E-state index contributed by atoms with van der Waals surface area (Å²) in [5.41, 5.74) is 6.02. The van der Waals surface area contributed by atoms with Crippen molar-refractivity contribution in [3.63, 3.8) is 0 Å². The molecule has 78 valence electrons. The van der Waals surface area contributed by atoms with Gasteiger partial charge in [-0.1, -0.05) is 13.8 Å². The third kappa shape index (κ3) is 4.07. The van der Waals surface area contributed by atoms with Crippen molar-refractivity contribution in [1.82, 2.24) is 4.90 Å². The van der Waals surface area contributed by atoms with Crippen molar-refractivity contribution in [2.45, 2.75) is 26.3 Å². The summed E-state index contributed by atoms with van der Waals surface area (Å²) in [4.78, 5) is 2.41. The molecule has 0 aromatic heterocycles. The first-order valence-electron chi connectivity index (χ1n) is 5.26. The topological polar surface area (TPSA) is 38.5 Å². The van der Waals surface area contributed by atoms with E-state index >= 15 is 0 Å². The fourth-order valence-electron chi connectivity index (χ4n) is 1.49. The third-order valence-corrected chi connectivity index (χ3v) is 2.64. The van der Waals surface area contributed by atoms with Crippen molar-refractivity contribution in [3.05, 3.63) is 0 Å². The van der Waals surface area contributed by atoms with Gasteiger partial charge >= 0.3 is 0 Å². The zero-order valence-electron chi connectivity index (χ0n) is 8.83. The molecule has 0 radical (unpaired) electrons. The molecule has 1 fully saturated rings. The largest absolute Gasteiger partial charge is 0.380 e. The van der Waals surface area contributed by atoms with Gasteiger partial charge in [0.05, 0.1) is 6.61 Å². The Bertz CT molecular complexity index is 131. The molecule has 0 aromatic rings. The molecule has 0 saturated carbocycles. The van der Waals surface area contributed by atoms with Crippen LogP contribution in [0.15, 0.2) is 0 Å². The number of nitrogens with zero attached hydrogens (tertiary/aromatic N) is 1. The SMILES string of the molecule is CC(C)C(N)CN1CCCOCC1. The molecule has 1 atom stereocenters. The highest BCUT2D eigenvalue weighted by Crippen LogP contribution is 2.04. The first-order chi connectivity index (χ1) is 6.20. The van der Waals surface area contributed by atoms with Gasteiger partial charge in [-0.05, 0) is 12.3 Å². The van der Waals surface area contributed by atoms with Crippen molar-refractivity contribution in [1.29, 1.82) is 0 Å². The van der Waals surface area contributed by atoms with E-state index in [0.717, 1.165) is 39.3 Å². The normalized spacial score (nSPS) is 23.1. The summed E-state index contributed by atoms with van der Waals surface area (Å²) in [5, 5.41) is 0. The molecule has 2 N–H and O–H groups in total. The zero-order valence-corrected chi connectivity index (χ0v) is 8.83. The summed E-state index contributed by atoms with van der Waals surface area (Å²) in [6.07, 6.45) is 1.14. The van der Waals surface area contributed by atoms with Crippen LogP contribution in [0, 0.1) is 5.92 Å². The van der Waals surface area contributed by atoms with Crippen LogP contribution in [0.1, 0.15) is 20.3 Å². The minimum atomic E-state index is 0.304. The summed E-state index contributed by atoms with van der Waals surface area (Å²) in [6, 6.07) is 0.304. The molecule has 1 aliphatic rings. The molecule has 1 heterocycles. The molecule has 0 bridgehead atoms. The summed E-state index contributed by atoms with van der Waals surface area (Å²) < 4.78 is 5.38. The summed E-state index contributed by atoms with van der Waals surface area (Å²) >= 11 is 0. The second-order valence-corrected chi connectivity index (χ2v) is 4.17. The number of ether oxygens (including phenoxy) is 1. The average molecular weight is 186 g/mol. The molecule has 13 heavy (non-hydrogen) atoms. The first kappa shape index (κ1) is 11.0. The van der Waals surface area contributed by atoms with E-state index in [1.165, 1.54) is 0 Å². The van der Waals surface area contributed by atoms with E-state index in [1.54, 1.807) is 0 Å². The van der Waals surface area contributed by atoms with Gasteiger partial charge in [0.25, 0.3) is 0 Å². The minimum absolute atomic E-state index is 0.304. The van der Waals surface area contributed by atoms with Crippen molar-refractivity contribution < 1.29 is 4.74 Å². The Labute approximate surface area is 81.2 Å². The van der Waals surface area contributed by atoms with Crippen molar-refractivity contribution in [2.24, 2.45) is 11.7 Å². The standard InChI is InChI=1S/C10H22N2O/c1-9(2)10(11)8-12-4-3-6-13-7-5-12/h9-10H,3-8,11H2,1-2H3. The molecule has 0 amide bonds. The van der Waals surface area contributed by atoms with Crippen LogP contribution in [0.3, 0.4) is 0 Å². The lowest BCUT2D eigenvalue weighted by molar-refractivity contribution is 0.139. The van der Waals surface area contributed by atoms with Gasteiger partial charge in [0.15, 0.2) is 0 Å². The lowest BCUT2D eigenvalue weighted by Crippen LogP contribution is -2.41. The van der Waals surface area contributed by atoms with E-state index < -0.39 is 0 Å². The average Bonchev–Trinajstić information content (AvgIpc) is 2.32. The van der Waals surface area contributed by atoms with Crippen LogP contribution in [0.25, 0.3) is 0 Å². The molecule has 1 unspecified atom stereocenters. The quantitative estimate of drug-likeness (QED) is 0.705. The number of hydrogen-bond donors (Lipinski definition) is 1. The van der Waals surface area contributed by atoms with Gasteiger partial charge < -0.3 is 10.5 Å². The van der Waals surface area contributed by atoms with Crippen LogP contribution in [0.2, 0.25) is 0 Å². The molecular weight excluding hydrogens is 164 g/mol. The van der Waals surface area contributed by atoms with Gasteiger partial charge in [-0.15, -0.1) is 0 Å². The summed E-state index contributed by atoms with van der Waals surface area (Å²) in [7, 11) is 0. The predicted molar refractivity (Wildman–Crippen MR) is 54.7 cm³/mol. The Balaban J connectivity index is 2.25. The van der Waals surface area contributed by atoms with E-state index in [-0.39, 0.29) is 0 Å². The number of nitrogens with two attached hydrogens (primary N) is 1. The molecule has 0 spiro atoms. The van der Waals surface area contributed by atoms with Crippen LogP contribution in [-0.2, 0) is 4.74 Å². The van der Waals surface area contributed by atoms with Crippen LogP contribution in [0.5, 0.6) is 0 Å². The Morgan fingerprint density at radius 2 is 2.08 bits per heavy atom. The van der Waals surface area contributed by atoms with Crippen LogP contribution in [0.4, 0.5) is 0 Å². The lowest BCUT2D eigenvalue weighted by atomic mass is 10.1. The molecule has 0 aromatic carbocycles. The number of rotatable bonds is 3. The minimum Gasteiger partial charge on any atom is -0.380 e. The zero-order chi connectivity index (χ0) is 9.68. The lowest BCUT2D eigenvalue weighted by Gasteiger charge is -2.25. The van der Waals surface area contributed by atoms with Gasteiger partial charge in [0, 0.05) is 32.3 Å². The molecular formula is C10H22N2O. The second-order valence-electron chi connectivity index (χ2n) is 4.17. The highest BCUT2D eigenvalue weighted by atomic mass is 16.5. The maximum absolute atomic E-state index is 6.02. The Hall–Kier alpha value is -0.120. The van der Waals surface area contributed by atoms with Crippen LogP contribution in [-0.4, -0.2) is 43.8 Å². The third-order valence-electron chi connectivity index (χ3n) is 2.64. The molecule has 1 saturated heterocycles. The second kappa shape index (κ2) is 5.58. The predicted octanol–water partition coefficient (Wildman–Crippen LogP) is 0.692. The Kier molecular flexibility index (Phi) is 4.70. The number of hydrogen-bond acceptors (Lipinski definition) is 3. The Morgan fingerprint density at radius 3 is 2.77 bits per heavy atom. The monoisotopic (exact) mass is 186 g/mol. The van der Waals surface area contributed by atoms with Gasteiger partial charge in [-0.25, -0.2) is 0 Å². The Morgan fingerprint density at radius 1 is 1.31 bits per heavy atom. The summed E-state index contributed by atoms with van der Waals surface area (Å²) in [6.45, 7) is 9.33. The molecule has 1 rings (SSSR count). The highest BCUT2D eigenvalue weighted by molar-refractivity contribution is 4.72. The fourth-order valence-corrected chi connectivity index (χ4v) is 1.49. The summed E-state index contributed by atoms with van der Waals surface area (Å²) in [5.74, 6) is 0.573. The van der Waals surface area contributed by atoms with Gasteiger partial charge in [0.1, 0.15) is 0 Å². The first-order valence-corrected chi connectivity index (χ1v) is 5.26. The highest BCUT2D eigenvalue weighted by Gasteiger charge is 2.14. The van der Waals surface area contributed by atoms with E-state index in [0.29, 0.717) is 12.0 Å². The van der Waals surface area contributed by atoms with E-state index in [2.05, 4.69) is 18.7 Å². The maximum atomic E-state index is 6.02. The molecule has 1 aliphatic heterocycles. The van der Waals surface area contributed by atoms with E-state index in [1.807, 2.05) is 0 Å². The maximum Gasteiger partial charge on any atom is 0.0593 e. The van der Waals surface area contributed by atoms with Crippen molar-refractivity contribution >= 4 is 0 Å². The van der Waals surface area contributed by atoms with E-state index in [4.69, 9.17) is 10.5 Å². The van der Waals surface area contributed by atoms with Crippen LogP contribution < -0.4 is 5.73 Å². The van der Waals surface area contributed by atoms with Crippen LogP contribution >= 0.6 is 0 Å². The molecule has 0 aliphatic carbocycles. The van der Waals surface area contributed by atoms with Crippen molar-refractivity contribution in [2.75, 3.05) is 32.8 Å². The van der Waals surface area contributed by atoms with Gasteiger partial charge in [0.2, 0.25) is 0 Å². The van der Waals surface area contributed by atoms with Gasteiger partial charge in [-0.3, -0.25) is 4.90 Å².